The third-order valence-electron chi connectivity index (χ3n) is 15.6. The Kier molecular flexibility index (Phi) is 9.75. The van der Waals surface area contributed by atoms with Crippen molar-refractivity contribution in [1.29, 1.82) is 0 Å². The summed E-state index contributed by atoms with van der Waals surface area (Å²) >= 11 is 0. The molecule has 0 atom stereocenters. The quantitative estimate of drug-likeness (QED) is 0.149. The van der Waals surface area contributed by atoms with Crippen LogP contribution in [-0.4, -0.2) is 18.3 Å². The third kappa shape index (κ3) is 6.55. The molecule has 0 aliphatic heterocycles. The second-order valence-electron chi connectivity index (χ2n) is 19.7. The van der Waals surface area contributed by atoms with Crippen LogP contribution >= 0.6 is 0 Å². The molecule has 0 saturated heterocycles. The van der Waals surface area contributed by atoms with Gasteiger partial charge < -0.3 is 18.3 Å². The largest absolute Gasteiger partial charge is 0.415 e. The van der Waals surface area contributed by atoms with Crippen LogP contribution in [0.15, 0.2) is 237 Å². The van der Waals surface area contributed by atoms with E-state index in [0.29, 0.717) is 27.9 Å². The molecule has 0 amide bonds. The molecule has 0 saturated carbocycles. The van der Waals surface area contributed by atoms with Crippen LogP contribution in [0.3, 0.4) is 0 Å². The van der Waals surface area contributed by atoms with Crippen molar-refractivity contribution in [3.05, 3.63) is 265 Å². The first-order chi connectivity index (χ1) is 38.3. The van der Waals surface area contributed by atoms with Gasteiger partial charge in [0.05, 0.1) is 63.0 Å². The third-order valence-corrected chi connectivity index (χ3v) is 15.6. The van der Waals surface area contributed by atoms with Crippen LogP contribution in [0.1, 0.15) is 5.56 Å². The van der Waals surface area contributed by atoms with Crippen LogP contribution in [0.4, 0.5) is 24.5 Å². The number of para-hydroxylation sites is 6. The molecule has 15 aromatic rings. The molecule has 0 bridgehead atoms. The predicted octanol–water partition coefficient (Wildman–Crippen LogP) is 19.5. The summed E-state index contributed by atoms with van der Waals surface area (Å²) in [6.45, 7) is 17.0. The molecule has 0 unspecified atom stereocenters. The highest BCUT2D eigenvalue weighted by Crippen LogP contribution is 2.48. The Morgan fingerprint density at radius 2 is 0.718 bits per heavy atom. The van der Waals surface area contributed by atoms with E-state index in [2.05, 4.69) is 186 Å². The van der Waals surface area contributed by atoms with E-state index < -0.39 is 11.7 Å². The zero-order valence-corrected chi connectivity index (χ0v) is 41.3. The Balaban J connectivity index is 1.01. The van der Waals surface area contributed by atoms with E-state index in [9.17, 15) is 13.2 Å². The highest BCUT2D eigenvalue weighted by molar-refractivity contribution is 6.15. The molecule has 4 aromatic heterocycles. The number of rotatable bonds is 6. The van der Waals surface area contributed by atoms with Crippen LogP contribution < -0.4 is 0 Å². The molecule has 78 heavy (non-hydrogen) atoms. The van der Waals surface area contributed by atoms with Crippen molar-refractivity contribution < 1.29 is 13.2 Å². The number of halogens is 3. The Hall–Kier alpha value is -10.6. The first-order valence-electron chi connectivity index (χ1n) is 25.6. The molecule has 0 spiro atoms. The molecule has 4 heterocycles. The lowest BCUT2D eigenvalue weighted by Crippen LogP contribution is -2.04. The average Bonchev–Trinajstić information content (AvgIpc) is 4.36. The fraction of sp³-hybridized carbons (Fsp3) is 0.0145. The molecule has 11 aromatic carbocycles. The molecule has 0 aliphatic carbocycles. The summed E-state index contributed by atoms with van der Waals surface area (Å²) in [5, 5.41) is 8.73. The monoisotopic (exact) mass is 1010 g/mol. The van der Waals surface area contributed by atoms with Gasteiger partial charge in [-0.3, -0.25) is 0 Å². The van der Waals surface area contributed by atoms with Gasteiger partial charge in [-0.2, -0.15) is 13.2 Å². The smallest absolute Gasteiger partial charge is 0.310 e. The fourth-order valence-electron chi connectivity index (χ4n) is 12.3. The summed E-state index contributed by atoms with van der Waals surface area (Å²) in [5.74, 6) is 0. The van der Waals surface area contributed by atoms with Crippen molar-refractivity contribution in [1.82, 2.24) is 18.3 Å². The van der Waals surface area contributed by atoms with Crippen LogP contribution in [0.2, 0.25) is 0 Å². The van der Waals surface area contributed by atoms with Crippen molar-refractivity contribution in [2.75, 3.05) is 0 Å². The second-order valence-corrected chi connectivity index (χ2v) is 19.7. The Morgan fingerprint density at radius 1 is 0.308 bits per heavy atom. The maximum absolute atomic E-state index is 14.2. The Labute approximate surface area is 444 Å². The maximum atomic E-state index is 14.2. The maximum Gasteiger partial charge on any atom is 0.415 e. The minimum atomic E-state index is -4.64. The number of hydrogen-bond donors (Lipinski definition) is 0. The van der Waals surface area contributed by atoms with E-state index >= 15 is 0 Å². The molecule has 6 nitrogen and oxygen atoms in total. The lowest BCUT2D eigenvalue weighted by atomic mass is 9.93. The van der Waals surface area contributed by atoms with Gasteiger partial charge in [0.2, 0.25) is 0 Å². The van der Waals surface area contributed by atoms with Gasteiger partial charge in [-0.25, -0.2) is 9.69 Å². The topological polar surface area (TPSA) is 28.4 Å². The lowest BCUT2D eigenvalue weighted by Gasteiger charge is -2.21. The number of nitrogens with zero attached hydrogens (tertiary/aromatic N) is 6. The highest BCUT2D eigenvalue weighted by atomic mass is 19.4. The van der Waals surface area contributed by atoms with Gasteiger partial charge in [0, 0.05) is 71.3 Å². The van der Waals surface area contributed by atoms with E-state index in [1.807, 2.05) is 60.7 Å². The predicted molar refractivity (Wildman–Crippen MR) is 312 cm³/mol. The van der Waals surface area contributed by atoms with Crippen LogP contribution in [0.5, 0.6) is 0 Å². The van der Waals surface area contributed by atoms with Crippen molar-refractivity contribution in [3.8, 4) is 45.0 Å². The first kappa shape index (κ1) is 44.8. The summed E-state index contributed by atoms with van der Waals surface area (Å²) in [7, 11) is 0. The number of aromatic nitrogens is 4. The van der Waals surface area contributed by atoms with Crippen molar-refractivity contribution in [3.63, 3.8) is 0 Å². The molecule has 0 N–H and O–H groups in total. The average molecular weight is 1010 g/mol. The highest BCUT2D eigenvalue weighted by Gasteiger charge is 2.31. The number of benzene rings is 11. The SMILES string of the molecule is [C-]#[N+]c1cc(C(F)(F)F)ccc1-c1ccc(-n2c3ccccc3c3cc(-n4c5ccccc5c5ccccc54)ccc32)c(-c2c([N+]#[C-])cccc2-n2c3ccccc3c3cc(-n4c5ccccc5c5ccccc54)ccc32)c1. The van der Waals surface area contributed by atoms with Gasteiger partial charge in [0.1, 0.15) is 0 Å². The molecular weight excluding hydrogens is 970 g/mol. The molecule has 366 valence electrons. The molecule has 15 rings (SSSR count). The number of alkyl halides is 3. The zero-order chi connectivity index (χ0) is 52.4. The van der Waals surface area contributed by atoms with E-state index in [4.69, 9.17) is 13.1 Å². The molecular formula is C69H39F3N6. The van der Waals surface area contributed by atoms with E-state index in [0.717, 1.165) is 111 Å². The van der Waals surface area contributed by atoms with Crippen LogP contribution in [-0.2, 0) is 6.18 Å². The Morgan fingerprint density at radius 3 is 1.17 bits per heavy atom. The summed E-state index contributed by atoms with van der Waals surface area (Å²) in [6, 6.07) is 78.5. The summed E-state index contributed by atoms with van der Waals surface area (Å²) in [6.07, 6.45) is -4.64. The lowest BCUT2D eigenvalue weighted by molar-refractivity contribution is -0.137. The number of fused-ring (bicyclic) bond motifs is 12. The first-order valence-corrected chi connectivity index (χ1v) is 25.6. The van der Waals surface area contributed by atoms with Gasteiger partial charge in [-0.15, -0.1) is 0 Å². The van der Waals surface area contributed by atoms with Crippen LogP contribution in [0, 0.1) is 13.1 Å². The molecule has 0 radical (unpaired) electrons. The van der Waals surface area contributed by atoms with Gasteiger partial charge >= 0.3 is 6.18 Å². The summed E-state index contributed by atoms with van der Waals surface area (Å²) in [4.78, 5) is 7.90. The normalized spacial score (nSPS) is 12.0. The van der Waals surface area contributed by atoms with Crippen molar-refractivity contribution in [2.45, 2.75) is 6.18 Å². The van der Waals surface area contributed by atoms with Gasteiger partial charge in [-0.1, -0.05) is 140 Å². The van der Waals surface area contributed by atoms with E-state index in [1.54, 1.807) is 0 Å². The fourth-order valence-corrected chi connectivity index (χ4v) is 12.3. The molecule has 9 heteroatoms. The summed E-state index contributed by atoms with van der Waals surface area (Å²) < 4.78 is 51.7. The number of hydrogen-bond acceptors (Lipinski definition) is 0. The van der Waals surface area contributed by atoms with Gasteiger partial charge in [0.15, 0.2) is 11.4 Å². The second kappa shape index (κ2) is 17.0. The summed E-state index contributed by atoms with van der Waals surface area (Å²) in [5.41, 5.74) is 13.1. The molecule has 0 fully saturated rings. The molecule has 0 aliphatic rings. The van der Waals surface area contributed by atoms with Gasteiger partial charge in [0.25, 0.3) is 0 Å². The van der Waals surface area contributed by atoms with Gasteiger partial charge in [-0.05, 0) is 114 Å². The van der Waals surface area contributed by atoms with Crippen molar-refractivity contribution >= 4 is 98.6 Å². The minimum Gasteiger partial charge on any atom is -0.310 e. The van der Waals surface area contributed by atoms with E-state index in [-0.39, 0.29) is 5.69 Å². The van der Waals surface area contributed by atoms with E-state index in [1.165, 1.54) is 16.8 Å². The van der Waals surface area contributed by atoms with Crippen molar-refractivity contribution in [2.24, 2.45) is 0 Å². The zero-order valence-electron chi connectivity index (χ0n) is 41.3. The minimum absolute atomic E-state index is 0.127. The standard InChI is InChI=1S/C69H39F3N6/c1-73-56-22-15-29-67(78-63-28-14-8-21-52(63)54-41-45(33-37-65(54)78)76-60-25-11-5-18-49(60)50-19-6-12-26-61(50)76)68(56)55-38-42(46-34-31-43(69(70,71)72)39-57(46)74-2)30-35-66(55)77-62-27-13-7-20-51(62)53-40-44(32-36-64(53)77)75-58-23-9-3-16-47(58)48-17-4-10-24-59(48)75/h3-41H. The Bertz CT molecular complexity index is 5020. The van der Waals surface area contributed by atoms with Crippen LogP contribution in [0.25, 0.3) is 142 Å².